The molecule has 1 heterocycles. The molecule has 9 heteroatoms. The number of carboxylic acids is 1. The highest BCUT2D eigenvalue weighted by atomic mass is 32.2. The topological polar surface area (TPSA) is 137 Å². The lowest BCUT2D eigenvalue weighted by atomic mass is 10.1. The van der Waals surface area contributed by atoms with Crippen LogP contribution in [-0.2, 0) is 10.0 Å². The maximum Gasteiger partial charge on any atom is 0.335 e. The van der Waals surface area contributed by atoms with Crippen LogP contribution in [0.5, 0.6) is 5.75 Å². The summed E-state index contributed by atoms with van der Waals surface area (Å²) in [6.45, 7) is 2.15. The average Bonchev–Trinajstić information content (AvgIpc) is 2.58. The summed E-state index contributed by atoms with van der Waals surface area (Å²) in [6.07, 6.45) is 0.654. The zero-order valence-corrected chi connectivity index (χ0v) is 14.5. The molecule has 0 saturated heterocycles. The Hall–Kier alpha value is -2.91. The van der Waals surface area contributed by atoms with Gasteiger partial charge in [0.2, 0.25) is 15.5 Å². The van der Waals surface area contributed by atoms with Crippen molar-refractivity contribution in [3.8, 4) is 5.75 Å². The highest BCUT2D eigenvalue weighted by molar-refractivity contribution is 7.89. The normalized spacial score (nSPS) is 11.8. The highest BCUT2D eigenvalue weighted by Gasteiger charge is 2.19. The van der Waals surface area contributed by atoms with Crippen molar-refractivity contribution in [2.75, 3.05) is 6.61 Å². The number of hydrogen-bond acceptors (Lipinski definition) is 6. The van der Waals surface area contributed by atoms with Crippen LogP contribution in [0.1, 0.15) is 23.7 Å². The van der Waals surface area contributed by atoms with Gasteiger partial charge in [0.1, 0.15) is 5.58 Å². The molecule has 3 N–H and O–H groups in total. The van der Waals surface area contributed by atoms with E-state index >= 15 is 0 Å². The third kappa shape index (κ3) is 3.14. The van der Waals surface area contributed by atoms with Crippen molar-refractivity contribution in [1.82, 2.24) is 0 Å². The van der Waals surface area contributed by atoms with E-state index in [0.29, 0.717) is 6.42 Å². The number of aromatic carboxylic acids is 1. The quantitative estimate of drug-likeness (QED) is 0.649. The number of ether oxygens (including phenoxy) is 1. The molecule has 3 rings (SSSR count). The third-order valence-electron chi connectivity index (χ3n) is 3.75. The lowest BCUT2D eigenvalue weighted by Gasteiger charge is -2.10. The van der Waals surface area contributed by atoms with Crippen molar-refractivity contribution in [3.05, 3.63) is 46.1 Å². The second-order valence-corrected chi connectivity index (χ2v) is 7.20. The summed E-state index contributed by atoms with van der Waals surface area (Å²) in [6, 6.07) is 6.16. The highest BCUT2D eigenvalue weighted by Crippen LogP contribution is 2.30. The van der Waals surface area contributed by atoms with E-state index in [4.69, 9.17) is 19.4 Å². The van der Waals surface area contributed by atoms with E-state index in [1.807, 2.05) is 6.92 Å². The summed E-state index contributed by atoms with van der Waals surface area (Å²) < 4.78 is 34.7. The van der Waals surface area contributed by atoms with Crippen LogP contribution in [0.25, 0.3) is 21.9 Å². The van der Waals surface area contributed by atoms with E-state index in [1.54, 1.807) is 0 Å². The fraction of sp³-hybridized carbons (Fsp3) is 0.176. The molecule has 1 aromatic heterocycles. The summed E-state index contributed by atoms with van der Waals surface area (Å²) in [7, 11) is -4.09. The van der Waals surface area contributed by atoms with Gasteiger partial charge in [0.05, 0.1) is 27.8 Å². The Kier molecular flexibility index (Phi) is 4.43. The summed E-state index contributed by atoms with van der Waals surface area (Å²) in [5.74, 6) is -1.12. The van der Waals surface area contributed by atoms with Crippen LogP contribution in [0, 0.1) is 0 Å². The standard InChI is InChI=1S/C17H15NO7S/c1-2-5-24-14-8-10(26(18,22)23)7-12-15(19)11-6-9(17(20)21)3-4-13(11)25-16(12)14/h3-4,6-8H,2,5H2,1H3,(H,20,21)(H2,18,22,23). The number of sulfonamides is 1. The number of carboxylic acid groups (broad SMARTS) is 1. The summed E-state index contributed by atoms with van der Waals surface area (Å²) in [5, 5.41) is 14.2. The minimum absolute atomic E-state index is 0.0189. The minimum Gasteiger partial charge on any atom is -0.490 e. The van der Waals surface area contributed by atoms with Crippen LogP contribution >= 0.6 is 0 Å². The molecule has 0 aliphatic rings. The number of primary sulfonamides is 1. The first-order valence-electron chi connectivity index (χ1n) is 7.66. The largest absolute Gasteiger partial charge is 0.490 e. The van der Waals surface area contributed by atoms with E-state index in [2.05, 4.69) is 0 Å². The Morgan fingerprint density at radius 3 is 2.58 bits per heavy atom. The predicted octanol–water partition coefficient (Wildman–Crippen LogP) is 2.08. The lowest BCUT2D eigenvalue weighted by molar-refractivity contribution is 0.0697. The third-order valence-corrected chi connectivity index (χ3v) is 4.64. The lowest BCUT2D eigenvalue weighted by Crippen LogP contribution is -2.14. The molecule has 0 unspecified atom stereocenters. The van der Waals surface area contributed by atoms with Crippen molar-refractivity contribution in [2.45, 2.75) is 18.2 Å². The van der Waals surface area contributed by atoms with Crippen LogP contribution < -0.4 is 15.3 Å². The monoisotopic (exact) mass is 377 g/mol. The first kappa shape index (κ1) is 17.9. The predicted molar refractivity (Wildman–Crippen MR) is 94.1 cm³/mol. The Morgan fingerprint density at radius 2 is 1.96 bits per heavy atom. The number of nitrogens with two attached hydrogens (primary N) is 1. The first-order valence-corrected chi connectivity index (χ1v) is 9.20. The van der Waals surface area contributed by atoms with Gasteiger partial charge in [-0.3, -0.25) is 4.79 Å². The first-order chi connectivity index (χ1) is 12.2. The summed E-state index contributed by atoms with van der Waals surface area (Å²) in [4.78, 5) is 23.7. The number of hydrogen-bond donors (Lipinski definition) is 2. The molecule has 26 heavy (non-hydrogen) atoms. The van der Waals surface area contributed by atoms with Gasteiger partial charge in [-0.1, -0.05) is 6.92 Å². The maximum atomic E-state index is 12.8. The molecule has 0 spiro atoms. The Bertz CT molecular complexity index is 1200. The van der Waals surface area contributed by atoms with Crippen molar-refractivity contribution in [2.24, 2.45) is 5.14 Å². The van der Waals surface area contributed by atoms with Crippen molar-refractivity contribution >= 4 is 37.9 Å². The van der Waals surface area contributed by atoms with Crippen molar-refractivity contribution in [3.63, 3.8) is 0 Å². The summed E-state index contributed by atoms with van der Waals surface area (Å²) in [5.41, 5.74) is -0.422. The SMILES string of the molecule is CCCOc1cc(S(N)(=O)=O)cc2c(=O)c3cc(C(=O)O)ccc3oc12. The Labute approximate surface area is 147 Å². The number of rotatable bonds is 5. The molecule has 0 radical (unpaired) electrons. The van der Waals surface area contributed by atoms with E-state index in [0.717, 1.165) is 6.07 Å². The molecule has 0 bridgehead atoms. The van der Waals surface area contributed by atoms with Crippen LogP contribution in [0.15, 0.2) is 44.4 Å². The maximum absolute atomic E-state index is 12.8. The fourth-order valence-corrected chi connectivity index (χ4v) is 3.07. The smallest absolute Gasteiger partial charge is 0.335 e. The molecule has 3 aromatic rings. The van der Waals surface area contributed by atoms with Crippen molar-refractivity contribution in [1.29, 1.82) is 0 Å². The van der Waals surface area contributed by atoms with Crippen LogP contribution in [0.3, 0.4) is 0 Å². The fourth-order valence-electron chi connectivity index (χ4n) is 2.52. The Morgan fingerprint density at radius 1 is 1.23 bits per heavy atom. The van der Waals surface area contributed by atoms with E-state index < -0.39 is 21.4 Å². The second-order valence-electron chi connectivity index (χ2n) is 5.64. The van der Waals surface area contributed by atoms with Gasteiger partial charge in [-0.05, 0) is 30.7 Å². The molecule has 0 fully saturated rings. The van der Waals surface area contributed by atoms with Crippen LogP contribution in [-0.4, -0.2) is 26.1 Å². The molecule has 2 aromatic carbocycles. The molecule has 8 nitrogen and oxygen atoms in total. The van der Waals surface area contributed by atoms with Crippen LogP contribution in [0.4, 0.5) is 0 Å². The van der Waals surface area contributed by atoms with E-state index in [9.17, 15) is 18.0 Å². The van der Waals surface area contributed by atoms with Crippen LogP contribution in [0.2, 0.25) is 0 Å². The van der Waals surface area contributed by atoms with E-state index in [1.165, 1.54) is 24.3 Å². The van der Waals surface area contributed by atoms with Gasteiger partial charge < -0.3 is 14.3 Å². The number of carbonyl (C=O) groups is 1. The molecule has 0 atom stereocenters. The molecule has 136 valence electrons. The minimum atomic E-state index is -4.09. The zero-order valence-electron chi connectivity index (χ0n) is 13.7. The second kappa shape index (κ2) is 6.43. The molecule has 0 aliphatic carbocycles. The zero-order chi connectivity index (χ0) is 19.1. The molecule has 0 amide bonds. The van der Waals surface area contributed by atoms with Gasteiger partial charge in [-0.25, -0.2) is 18.4 Å². The van der Waals surface area contributed by atoms with Gasteiger partial charge >= 0.3 is 5.97 Å². The molecule has 0 aliphatic heterocycles. The van der Waals surface area contributed by atoms with Crippen molar-refractivity contribution < 1.29 is 27.5 Å². The van der Waals surface area contributed by atoms with Gasteiger partial charge in [0.15, 0.2) is 11.3 Å². The van der Waals surface area contributed by atoms with E-state index in [-0.39, 0.29) is 44.8 Å². The number of benzene rings is 2. The van der Waals surface area contributed by atoms with Gasteiger partial charge in [0.25, 0.3) is 0 Å². The Balaban J connectivity index is 2.43. The molecular formula is C17H15NO7S. The molecular weight excluding hydrogens is 362 g/mol. The average molecular weight is 377 g/mol. The van der Waals surface area contributed by atoms with Gasteiger partial charge in [0, 0.05) is 6.07 Å². The number of fused-ring (bicyclic) bond motifs is 2. The summed E-state index contributed by atoms with van der Waals surface area (Å²) >= 11 is 0. The molecule has 0 saturated carbocycles. The van der Waals surface area contributed by atoms with Gasteiger partial charge in [-0.2, -0.15) is 0 Å². The van der Waals surface area contributed by atoms with Gasteiger partial charge in [-0.15, -0.1) is 0 Å².